The highest BCUT2D eigenvalue weighted by atomic mass is 31.2. The first-order valence-corrected chi connectivity index (χ1v) is 25.4. The second-order valence-electron chi connectivity index (χ2n) is 19.9. The van der Waals surface area contributed by atoms with Gasteiger partial charge in [-0.1, -0.05) is 77.5 Å². The summed E-state index contributed by atoms with van der Waals surface area (Å²) in [6.07, 6.45) is 4.10. The number of amides is 1. The highest BCUT2D eigenvalue weighted by Gasteiger charge is 2.68. The summed E-state index contributed by atoms with van der Waals surface area (Å²) in [4.78, 5) is 39.2. The van der Waals surface area contributed by atoms with Crippen molar-refractivity contribution in [1.82, 2.24) is 15.2 Å². The van der Waals surface area contributed by atoms with Gasteiger partial charge in [0.25, 0.3) is 5.91 Å². The standard InChI is InChI=1S/C50H81N4O15P/c1-29(20-22-51)16-14-17-30(2)32(4)24-33(5)42(57)35(7)38(55)25-41(65-13)45-46(69-70(61,62)63)49(8,9)50(68-45)26-39(56)34(6)40(67-50)19-15-18-36-27-66-48(53-36)31(3)21-23-52-47(60)44(59)43(58)37(28-64-12)54(10)11/h14-18,20,24,27,31,33-35,37-46,55-59H,19,21,23,25-26,28H2,1-13H3,(H,52,60)(H2,61,62,63)/b16-14+,18-15+,29-20-,30-17+,32-24+/t31-,33+,34+,35+,37-,38-,39-,40+,41-,42+,43-,44-,45+,46-,50-/m0/s1. The van der Waals surface area contributed by atoms with E-state index in [1.54, 1.807) is 45.8 Å². The molecule has 19 nitrogen and oxygen atoms in total. The molecule has 1 aromatic rings. The first kappa shape index (κ1) is 60.9. The number of ether oxygens (including phenoxy) is 4. The van der Waals surface area contributed by atoms with Crippen LogP contribution in [0.5, 0.6) is 0 Å². The number of aliphatic hydroxyl groups excluding tert-OH is 5. The van der Waals surface area contributed by atoms with Crippen LogP contribution in [-0.4, -0.2) is 159 Å². The van der Waals surface area contributed by atoms with Crippen LogP contribution in [0.25, 0.3) is 6.08 Å². The summed E-state index contributed by atoms with van der Waals surface area (Å²) >= 11 is 0. The van der Waals surface area contributed by atoms with Crippen molar-refractivity contribution in [2.24, 2.45) is 23.2 Å². The lowest BCUT2D eigenvalue weighted by atomic mass is 9.72. The molecule has 0 aliphatic carbocycles. The van der Waals surface area contributed by atoms with Crippen molar-refractivity contribution in [1.29, 1.82) is 5.26 Å². The number of likely N-dealkylation sites (N-methyl/N-ethyl adjacent to an activating group) is 1. The second-order valence-corrected chi connectivity index (χ2v) is 21.1. The number of carbonyl (C=O) groups excluding carboxylic acids is 1. The van der Waals surface area contributed by atoms with E-state index in [1.807, 2.05) is 78.0 Å². The number of carbonyl (C=O) groups is 1. The zero-order valence-electron chi connectivity index (χ0n) is 43.1. The third-order valence-corrected chi connectivity index (χ3v) is 14.5. The molecule has 2 aliphatic rings. The number of nitriles is 1. The van der Waals surface area contributed by atoms with Crippen LogP contribution in [0.4, 0.5) is 0 Å². The Hall–Kier alpha value is -3.42. The van der Waals surface area contributed by atoms with E-state index in [9.17, 15) is 44.7 Å². The van der Waals surface area contributed by atoms with Gasteiger partial charge in [0.15, 0.2) is 17.8 Å². The second kappa shape index (κ2) is 27.0. The van der Waals surface area contributed by atoms with Crippen molar-refractivity contribution in [2.75, 3.05) is 41.5 Å². The summed E-state index contributed by atoms with van der Waals surface area (Å²) in [6, 6.07) is 1.40. The van der Waals surface area contributed by atoms with Crippen LogP contribution in [0, 0.1) is 34.5 Å². The Morgan fingerprint density at radius 1 is 1.09 bits per heavy atom. The van der Waals surface area contributed by atoms with E-state index in [2.05, 4.69) is 10.3 Å². The van der Waals surface area contributed by atoms with Gasteiger partial charge in [-0.3, -0.25) is 9.32 Å². The molecular formula is C50H81N4O15P. The Labute approximate surface area is 414 Å². The van der Waals surface area contributed by atoms with Gasteiger partial charge >= 0.3 is 7.82 Å². The lowest BCUT2D eigenvalue weighted by molar-refractivity contribution is -0.334. The fourth-order valence-electron chi connectivity index (χ4n) is 8.96. The molecule has 1 spiro atoms. The Bertz CT molecular complexity index is 2080. The van der Waals surface area contributed by atoms with E-state index in [1.165, 1.54) is 26.6 Å². The molecule has 396 valence electrons. The first-order valence-electron chi connectivity index (χ1n) is 23.8. The minimum absolute atomic E-state index is 0.0645. The van der Waals surface area contributed by atoms with Gasteiger partial charge in [0.05, 0.1) is 49.2 Å². The van der Waals surface area contributed by atoms with Gasteiger partial charge in [0.1, 0.15) is 30.3 Å². The number of methoxy groups -OCH3 is 2. The number of hydrogen-bond donors (Lipinski definition) is 8. The minimum Gasteiger partial charge on any atom is -0.448 e. The monoisotopic (exact) mass is 1010 g/mol. The number of nitrogens with zero attached hydrogens (tertiary/aromatic N) is 3. The van der Waals surface area contributed by atoms with Crippen LogP contribution >= 0.6 is 7.82 Å². The fourth-order valence-corrected chi connectivity index (χ4v) is 9.64. The minimum atomic E-state index is -5.15. The van der Waals surface area contributed by atoms with E-state index < -0.39 is 97.7 Å². The number of hydrogen-bond acceptors (Lipinski definition) is 16. The van der Waals surface area contributed by atoms with Gasteiger partial charge in [-0.2, -0.15) is 5.26 Å². The third kappa shape index (κ3) is 16.3. The van der Waals surface area contributed by atoms with Crippen molar-refractivity contribution in [3.63, 3.8) is 0 Å². The number of nitrogens with one attached hydrogen (secondary N) is 1. The molecule has 15 atom stereocenters. The van der Waals surface area contributed by atoms with Gasteiger partial charge in [0.2, 0.25) is 0 Å². The molecule has 3 heterocycles. The zero-order chi connectivity index (χ0) is 52.9. The third-order valence-electron chi connectivity index (χ3n) is 14.0. The summed E-state index contributed by atoms with van der Waals surface area (Å²) < 4.78 is 48.2. The molecule has 0 aromatic carbocycles. The summed E-state index contributed by atoms with van der Waals surface area (Å²) in [6.45, 7) is 16.6. The number of phosphoric acid groups is 1. The molecule has 0 saturated carbocycles. The van der Waals surface area contributed by atoms with Gasteiger partial charge in [0, 0.05) is 68.8 Å². The Balaban J connectivity index is 1.74. The lowest BCUT2D eigenvalue weighted by Crippen LogP contribution is -2.58. The highest BCUT2D eigenvalue weighted by Crippen LogP contribution is 2.59. The van der Waals surface area contributed by atoms with Crippen molar-refractivity contribution in [2.45, 2.75) is 161 Å². The van der Waals surface area contributed by atoms with E-state index in [0.29, 0.717) is 18.0 Å². The predicted octanol–water partition coefficient (Wildman–Crippen LogP) is 4.69. The molecule has 0 bridgehead atoms. The number of rotatable bonds is 26. The molecular weight excluding hydrogens is 928 g/mol. The Morgan fingerprint density at radius 2 is 1.76 bits per heavy atom. The largest absolute Gasteiger partial charge is 0.469 e. The molecule has 8 N–H and O–H groups in total. The topological polar surface area (TPSA) is 287 Å². The Morgan fingerprint density at radius 3 is 2.36 bits per heavy atom. The maximum atomic E-state index is 12.6. The first-order chi connectivity index (χ1) is 32.6. The van der Waals surface area contributed by atoms with E-state index in [4.69, 9.17) is 33.2 Å². The molecule has 2 aliphatic heterocycles. The molecule has 0 unspecified atom stereocenters. The molecule has 2 saturated heterocycles. The van der Waals surface area contributed by atoms with Crippen LogP contribution < -0.4 is 5.32 Å². The van der Waals surface area contributed by atoms with Crippen LogP contribution in [-0.2, 0) is 32.8 Å². The van der Waals surface area contributed by atoms with Crippen molar-refractivity contribution >= 4 is 19.8 Å². The van der Waals surface area contributed by atoms with Gasteiger partial charge in [-0.15, -0.1) is 0 Å². The summed E-state index contributed by atoms with van der Waals surface area (Å²) in [5.41, 5.74) is 1.87. The SMILES string of the molecule is COC[C@@H]([C@H](O)[C@H](O)C(=O)NCC[C@H](C)c1nc(/C=C/C[C@H]2O[C@@]3(C[C@H](O)[C@H]2C)O[C@H]([C@H](C[C@H](O)[C@@H](C)[C@H](O)[C@H](C)/C=C(C)/C(C)=C/C=C/C(C)=C\C#N)OC)[C@H](OP(=O)(O)O)C3(C)C)co1)N(C)C. The smallest absolute Gasteiger partial charge is 0.448 e. The molecule has 1 aromatic heterocycles. The zero-order valence-corrected chi connectivity index (χ0v) is 44.0. The Kier molecular flexibility index (Phi) is 23.5. The highest BCUT2D eigenvalue weighted by molar-refractivity contribution is 7.46. The average molecular weight is 1010 g/mol. The van der Waals surface area contributed by atoms with E-state index in [0.717, 1.165) is 16.7 Å². The van der Waals surface area contributed by atoms with Gasteiger partial charge < -0.3 is 68.9 Å². The number of oxazole rings is 1. The fraction of sp³-hybridized carbons (Fsp3) is 0.700. The lowest BCUT2D eigenvalue weighted by Gasteiger charge is -2.50. The quantitative estimate of drug-likeness (QED) is 0.0355. The summed E-state index contributed by atoms with van der Waals surface area (Å²) in [7, 11) is 1.12. The summed E-state index contributed by atoms with van der Waals surface area (Å²) in [5.74, 6) is -3.63. The number of phosphoric ester groups is 1. The molecule has 2 fully saturated rings. The van der Waals surface area contributed by atoms with Crippen LogP contribution in [0.2, 0.25) is 0 Å². The van der Waals surface area contributed by atoms with E-state index in [-0.39, 0.29) is 44.2 Å². The molecule has 20 heteroatoms. The summed E-state index contributed by atoms with van der Waals surface area (Å²) in [5, 5.41) is 67.1. The van der Waals surface area contributed by atoms with Gasteiger partial charge in [-0.05, 0) is 64.9 Å². The van der Waals surface area contributed by atoms with Gasteiger partial charge in [-0.25, -0.2) is 9.55 Å². The average Bonchev–Trinajstić information content (AvgIpc) is 3.84. The molecule has 0 radical (unpaired) electrons. The maximum absolute atomic E-state index is 12.6. The normalized spacial score (nSPS) is 27.6. The molecule has 3 rings (SSSR count). The van der Waals surface area contributed by atoms with Crippen molar-refractivity contribution in [3.8, 4) is 6.07 Å². The molecule has 1 amide bonds. The molecule has 70 heavy (non-hydrogen) atoms. The maximum Gasteiger partial charge on any atom is 0.469 e. The van der Waals surface area contributed by atoms with E-state index >= 15 is 0 Å². The predicted molar refractivity (Wildman–Crippen MR) is 262 cm³/mol. The van der Waals surface area contributed by atoms with Crippen LogP contribution in [0.1, 0.15) is 105 Å². The van der Waals surface area contributed by atoms with Crippen LogP contribution in [0.3, 0.4) is 0 Å². The van der Waals surface area contributed by atoms with Crippen molar-refractivity contribution in [3.05, 3.63) is 71.0 Å². The number of allylic oxidation sites excluding steroid dienone is 7. The van der Waals surface area contributed by atoms with Crippen molar-refractivity contribution < 1.29 is 72.6 Å². The number of aromatic nitrogens is 1. The number of aliphatic hydroxyl groups is 5. The van der Waals surface area contributed by atoms with Crippen LogP contribution in [0.15, 0.2) is 63.9 Å².